The summed E-state index contributed by atoms with van der Waals surface area (Å²) in [6.45, 7) is 3.95. The highest BCUT2D eigenvalue weighted by Crippen LogP contribution is 2.26. The summed E-state index contributed by atoms with van der Waals surface area (Å²) in [5.41, 5.74) is 0. The van der Waals surface area contributed by atoms with Crippen LogP contribution in [0.3, 0.4) is 0 Å². The summed E-state index contributed by atoms with van der Waals surface area (Å²) < 4.78 is 0. The number of piperazine rings is 1. The van der Waals surface area contributed by atoms with Crippen molar-refractivity contribution in [1.29, 1.82) is 0 Å². The highest BCUT2D eigenvalue weighted by molar-refractivity contribution is 5.86. The summed E-state index contributed by atoms with van der Waals surface area (Å²) >= 11 is 0. The molecule has 2 rings (SSSR count). The summed E-state index contributed by atoms with van der Waals surface area (Å²) in [6.07, 6.45) is 5.26. The van der Waals surface area contributed by atoms with Gasteiger partial charge in [0.2, 0.25) is 5.91 Å². The minimum atomic E-state index is -0.103. The summed E-state index contributed by atoms with van der Waals surface area (Å²) in [6, 6.07) is -0.103. The molecule has 1 saturated heterocycles. The Labute approximate surface area is 103 Å². The first kappa shape index (κ1) is 12.6. The number of Topliss-reactive ketones (excluding diaryl/α,β-unsaturated/α-hetero) is 1. The molecule has 0 aromatic rings. The third-order valence-electron chi connectivity index (χ3n) is 4.00. The second-order valence-electron chi connectivity index (χ2n) is 5.13. The van der Waals surface area contributed by atoms with Gasteiger partial charge in [-0.25, -0.2) is 0 Å². The number of hydrogen-bond donors (Lipinski definition) is 1. The molecule has 2 fully saturated rings. The van der Waals surface area contributed by atoms with Crippen molar-refractivity contribution in [3.63, 3.8) is 0 Å². The number of carbonyl (C=O) groups excluding carboxylic acids is 2. The van der Waals surface area contributed by atoms with E-state index in [1.807, 2.05) is 6.92 Å². The van der Waals surface area contributed by atoms with Gasteiger partial charge in [0.15, 0.2) is 0 Å². The highest BCUT2D eigenvalue weighted by atomic mass is 16.2. The Balaban J connectivity index is 1.91. The maximum absolute atomic E-state index is 12.1. The van der Waals surface area contributed by atoms with E-state index in [1.54, 1.807) is 0 Å². The van der Waals surface area contributed by atoms with Crippen molar-refractivity contribution in [3.8, 4) is 0 Å². The van der Waals surface area contributed by atoms with E-state index in [9.17, 15) is 9.59 Å². The van der Waals surface area contributed by atoms with Gasteiger partial charge in [-0.15, -0.1) is 0 Å². The molecule has 4 heteroatoms. The van der Waals surface area contributed by atoms with Crippen molar-refractivity contribution in [2.24, 2.45) is 5.92 Å². The molecule has 1 amide bonds. The van der Waals surface area contributed by atoms with E-state index in [-0.39, 0.29) is 17.9 Å². The van der Waals surface area contributed by atoms with Crippen molar-refractivity contribution in [1.82, 2.24) is 10.2 Å². The minimum absolute atomic E-state index is 0.0815. The van der Waals surface area contributed by atoms with Gasteiger partial charge in [-0.1, -0.05) is 19.8 Å². The molecule has 4 nitrogen and oxygen atoms in total. The molecule has 1 atom stereocenters. The van der Waals surface area contributed by atoms with Crippen LogP contribution in [0.25, 0.3) is 0 Å². The van der Waals surface area contributed by atoms with Gasteiger partial charge in [0.1, 0.15) is 5.78 Å². The Morgan fingerprint density at radius 2 is 2.12 bits per heavy atom. The van der Waals surface area contributed by atoms with E-state index in [0.29, 0.717) is 18.9 Å². The lowest BCUT2D eigenvalue weighted by molar-refractivity contribution is -0.132. The topological polar surface area (TPSA) is 49.4 Å². The van der Waals surface area contributed by atoms with Crippen LogP contribution in [-0.4, -0.2) is 42.3 Å². The number of amides is 1. The summed E-state index contributed by atoms with van der Waals surface area (Å²) in [5.74, 6) is 0.686. The highest BCUT2D eigenvalue weighted by Gasteiger charge is 2.31. The fraction of sp³-hybridized carbons (Fsp3) is 0.846. The molecule has 1 aliphatic carbocycles. The quantitative estimate of drug-likeness (QED) is 0.793. The third-order valence-corrected chi connectivity index (χ3v) is 4.00. The van der Waals surface area contributed by atoms with Crippen LogP contribution in [0.4, 0.5) is 0 Å². The van der Waals surface area contributed by atoms with Gasteiger partial charge in [0, 0.05) is 19.0 Å². The Kier molecular flexibility index (Phi) is 4.15. The molecule has 0 radical (unpaired) electrons. The van der Waals surface area contributed by atoms with E-state index in [2.05, 4.69) is 10.2 Å². The van der Waals surface area contributed by atoms with Crippen molar-refractivity contribution < 1.29 is 9.59 Å². The molecule has 0 spiro atoms. The number of nitrogens with one attached hydrogen (secondary N) is 1. The summed E-state index contributed by atoms with van der Waals surface area (Å²) in [4.78, 5) is 25.8. The van der Waals surface area contributed by atoms with Crippen LogP contribution in [0.1, 0.15) is 39.0 Å². The van der Waals surface area contributed by atoms with Crippen LogP contribution >= 0.6 is 0 Å². The fourth-order valence-electron chi connectivity index (χ4n) is 2.97. The lowest BCUT2D eigenvalue weighted by Crippen LogP contribution is -2.56. The van der Waals surface area contributed by atoms with Crippen LogP contribution in [-0.2, 0) is 9.59 Å². The molecule has 0 aromatic carbocycles. The van der Waals surface area contributed by atoms with Crippen LogP contribution in [0.5, 0.6) is 0 Å². The first-order valence-corrected chi connectivity index (χ1v) is 6.77. The average Bonchev–Trinajstić information content (AvgIpc) is 2.82. The van der Waals surface area contributed by atoms with Gasteiger partial charge in [-0.3, -0.25) is 14.5 Å². The van der Waals surface area contributed by atoms with Gasteiger partial charge < -0.3 is 5.32 Å². The van der Waals surface area contributed by atoms with Gasteiger partial charge >= 0.3 is 0 Å². The Hall–Kier alpha value is -0.900. The number of ketones is 1. The zero-order chi connectivity index (χ0) is 12.3. The van der Waals surface area contributed by atoms with Crippen molar-refractivity contribution in [2.45, 2.75) is 45.1 Å². The van der Waals surface area contributed by atoms with Gasteiger partial charge in [-0.2, -0.15) is 0 Å². The molecule has 2 aliphatic rings. The molecular weight excluding hydrogens is 216 g/mol. The van der Waals surface area contributed by atoms with E-state index in [4.69, 9.17) is 0 Å². The largest absolute Gasteiger partial charge is 0.353 e. The molecule has 0 bridgehead atoms. The number of hydrogen-bond acceptors (Lipinski definition) is 3. The zero-order valence-corrected chi connectivity index (χ0v) is 10.6. The first-order valence-electron chi connectivity index (χ1n) is 6.77. The molecule has 1 N–H and O–H groups in total. The first-order chi connectivity index (χ1) is 8.22. The molecule has 1 saturated carbocycles. The van der Waals surface area contributed by atoms with Gasteiger partial charge in [0.05, 0.1) is 12.6 Å². The normalized spacial score (nSPS) is 27.1. The molecule has 96 valence electrons. The summed E-state index contributed by atoms with van der Waals surface area (Å²) in [7, 11) is 0. The number of carbonyl (C=O) groups is 2. The average molecular weight is 238 g/mol. The monoisotopic (exact) mass is 238 g/mol. The Morgan fingerprint density at radius 1 is 1.41 bits per heavy atom. The predicted molar refractivity (Wildman–Crippen MR) is 65.6 cm³/mol. The van der Waals surface area contributed by atoms with E-state index in [0.717, 1.165) is 25.8 Å². The third kappa shape index (κ3) is 2.86. The molecule has 17 heavy (non-hydrogen) atoms. The van der Waals surface area contributed by atoms with Gasteiger partial charge in [0.25, 0.3) is 0 Å². The molecule has 0 aromatic heterocycles. The molecule has 1 unspecified atom stereocenters. The van der Waals surface area contributed by atoms with Crippen LogP contribution in [0.2, 0.25) is 0 Å². The molecule has 1 heterocycles. The lowest BCUT2D eigenvalue weighted by Gasteiger charge is -2.34. The minimum Gasteiger partial charge on any atom is -0.353 e. The van der Waals surface area contributed by atoms with E-state index < -0.39 is 0 Å². The Morgan fingerprint density at radius 3 is 2.76 bits per heavy atom. The SMILES string of the molecule is CCC1C(=O)NCCN1CC(=O)C1CCCC1. The number of nitrogens with zero attached hydrogens (tertiary/aromatic N) is 1. The zero-order valence-electron chi connectivity index (χ0n) is 10.6. The van der Waals surface area contributed by atoms with E-state index in [1.165, 1.54) is 12.8 Å². The van der Waals surface area contributed by atoms with Crippen LogP contribution in [0, 0.1) is 5.92 Å². The lowest BCUT2D eigenvalue weighted by atomic mass is 10.0. The predicted octanol–water partition coefficient (Wildman–Crippen LogP) is 0.956. The fourth-order valence-corrected chi connectivity index (χ4v) is 2.97. The maximum Gasteiger partial charge on any atom is 0.237 e. The molecule has 1 aliphatic heterocycles. The van der Waals surface area contributed by atoms with Crippen molar-refractivity contribution >= 4 is 11.7 Å². The van der Waals surface area contributed by atoms with E-state index >= 15 is 0 Å². The standard InChI is InChI=1S/C13H22N2O2/c1-2-11-13(17)14-7-8-15(11)9-12(16)10-5-3-4-6-10/h10-11H,2-9H2,1H3,(H,14,17). The van der Waals surface area contributed by atoms with Gasteiger partial charge in [-0.05, 0) is 19.3 Å². The smallest absolute Gasteiger partial charge is 0.237 e. The van der Waals surface area contributed by atoms with Crippen LogP contribution < -0.4 is 5.32 Å². The second-order valence-corrected chi connectivity index (χ2v) is 5.13. The van der Waals surface area contributed by atoms with Crippen molar-refractivity contribution in [2.75, 3.05) is 19.6 Å². The van der Waals surface area contributed by atoms with Crippen LogP contribution in [0.15, 0.2) is 0 Å². The maximum atomic E-state index is 12.1. The second kappa shape index (κ2) is 5.63. The number of rotatable bonds is 4. The molecular formula is C13H22N2O2. The summed E-state index contributed by atoms with van der Waals surface area (Å²) in [5, 5.41) is 2.86. The van der Waals surface area contributed by atoms with Crippen molar-refractivity contribution in [3.05, 3.63) is 0 Å². The Bertz CT molecular complexity index is 298.